The van der Waals surface area contributed by atoms with Crippen LogP contribution in [-0.2, 0) is 11.3 Å². The molecule has 4 rings (SSSR count). The Bertz CT molecular complexity index is 1010. The molecule has 1 aromatic carbocycles. The summed E-state index contributed by atoms with van der Waals surface area (Å²) in [6, 6.07) is 3.41. The molecule has 156 valence electrons. The number of fused-ring (bicyclic) bond motifs is 2. The Balaban J connectivity index is 1.30. The molecule has 0 radical (unpaired) electrons. The summed E-state index contributed by atoms with van der Waals surface area (Å²) in [6.07, 6.45) is 4.45. The highest BCUT2D eigenvalue weighted by atomic mass is 32.1. The van der Waals surface area contributed by atoms with Crippen molar-refractivity contribution in [3.8, 4) is 11.5 Å². The number of aromatic nitrogens is 2. The van der Waals surface area contributed by atoms with E-state index in [0.717, 1.165) is 13.0 Å². The van der Waals surface area contributed by atoms with Gasteiger partial charge in [0.05, 0.1) is 10.9 Å². The van der Waals surface area contributed by atoms with Gasteiger partial charge < -0.3 is 24.7 Å². The van der Waals surface area contributed by atoms with Crippen molar-refractivity contribution in [2.75, 3.05) is 33.0 Å². The second kappa shape index (κ2) is 8.96. The summed E-state index contributed by atoms with van der Waals surface area (Å²) in [4.78, 5) is 30.4. The van der Waals surface area contributed by atoms with Crippen molar-refractivity contribution in [2.24, 2.45) is 0 Å². The first-order valence-electron chi connectivity index (χ1n) is 10.2. The summed E-state index contributed by atoms with van der Waals surface area (Å²) in [5, 5.41) is 3.46. The summed E-state index contributed by atoms with van der Waals surface area (Å²) in [7, 11) is 0. The van der Waals surface area contributed by atoms with E-state index in [2.05, 4.69) is 15.2 Å². The normalized spacial score (nSPS) is 15.9. The van der Waals surface area contributed by atoms with Crippen molar-refractivity contribution in [3.63, 3.8) is 0 Å². The average Bonchev–Trinajstić information content (AvgIpc) is 3.38. The number of benzene rings is 1. The lowest BCUT2D eigenvalue weighted by Crippen LogP contribution is -2.29. The number of carbonyl (C=O) groups excluding carboxylic acids is 1. The molecule has 8 nitrogen and oxygen atoms in total. The van der Waals surface area contributed by atoms with Crippen molar-refractivity contribution in [1.29, 1.82) is 0 Å². The van der Waals surface area contributed by atoms with E-state index in [-0.39, 0.29) is 18.3 Å². The Kier molecular flexibility index (Phi) is 6.15. The number of amides is 1. The Morgan fingerprint density at radius 3 is 2.69 bits per heavy atom. The molecule has 0 spiro atoms. The van der Waals surface area contributed by atoms with E-state index in [1.807, 2.05) is 0 Å². The van der Waals surface area contributed by atoms with Gasteiger partial charge in [-0.25, -0.2) is 0 Å². The van der Waals surface area contributed by atoms with Crippen molar-refractivity contribution >= 4 is 29.0 Å². The maximum absolute atomic E-state index is 12.8. The quantitative estimate of drug-likeness (QED) is 0.505. The second-order valence-electron chi connectivity index (χ2n) is 7.49. The largest absolute Gasteiger partial charge is 0.454 e. The molecule has 1 amide bonds. The summed E-state index contributed by atoms with van der Waals surface area (Å²) >= 11 is 5.34. The summed E-state index contributed by atoms with van der Waals surface area (Å²) in [6.45, 7) is 4.63. The van der Waals surface area contributed by atoms with Crippen LogP contribution in [0.25, 0.3) is 10.9 Å². The highest BCUT2D eigenvalue weighted by Gasteiger charge is 2.17. The predicted molar refractivity (Wildman–Crippen MR) is 112 cm³/mol. The number of aromatic amines is 1. The second-order valence-corrected chi connectivity index (χ2v) is 7.88. The lowest BCUT2D eigenvalue weighted by Gasteiger charge is -2.14. The van der Waals surface area contributed by atoms with Crippen LogP contribution in [0.15, 0.2) is 16.9 Å². The Hall–Kier alpha value is -2.39. The third-order valence-electron chi connectivity index (χ3n) is 5.43. The van der Waals surface area contributed by atoms with E-state index < -0.39 is 0 Å². The van der Waals surface area contributed by atoms with Gasteiger partial charge in [-0.15, -0.1) is 0 Å². The van der Waals surface area contributed by atoms with Crippen LogP contribution in [0.5, 0.6) is 11.5 Å². The molecule has 1 saturated heterocycles. The fourth-order valence-corrected chi connectivity index (χ4v) is 4.15. The van der Waals surface area contributed by atoms with E-state index in [4.69, 9.17) is 21.7 Å². The number of carbonyl (C=O) groups is 1. The number of nitrogens with one attached hydrogen (secondary N) is 2. The van der Waals surface area contributed by atoms with Crippen LogP contribution >= 0.6 is 12.2 Å². The molecule has 0 bridgehead atoms. The maximum atomic E-state index is 12.8. The fourth-order valence-electron chi connectivity index (χ4n) is 3.87. The van der Waals surface area contributed by atoms with Gasteiger partial charge in [0.25, 0.3) is 5.56 Å². The van der Waals surface area contributed by atoms with Crippen molar-refractivity contribution < 1.29 is 14.3 Å². The monoisotopic (exact) mass is 418 g/mol. The van der Waals surface area contributed by atoms with Gasteiger partial charge in [0.1, 0.15) is 0 Å². The van der Waals surface area contributed by atoms with Gasteiger partial charge in [0, 0.05) is 25.6 Å². The highest BCUT2D eigenvalue weighted by molar-refractivity contribution is 7.71. The van der Waals surface area contributed by atoms with Gasteiger partial charge >= 0.3 is 0 Å². The zero-order valence-electron chi connectivity index (χ0n) is 16.4. The van der Waals surface area contributed by atoms with E-state index in [9.17, 15) is 9.59 Å². The van der Waals surface area contributed by atoms with Gasteiger partial charge in [-0.05, 0) is 63.6 Å². The van der Waals surface area contributed by atoms with Crippen LogP contribution in [0, 0.1) is 4.77 Å². The molecule has 3 heterocycles. The topological polar surface area (TPSA) is 88.6 Å². The number of likely N-dealkylation sites (tertiary alicyclic amines) is 1. The molecule has 0 aliphatic carbocycles. The van der Waals surface area contributed by atoms with Gasteiger partial charge in [-0.3, -0.25) is 14.2 Å². The molecule has 2 N–H and O–H groups in total. The van der Waals surface area contributed by atoms with E-state index >= 15 is 0 Å². The first-order chi connectivity index (χ1) is 14.1. The molecule has 0 atom stereocenters. The van der Waals surface area contributed by atoms with Gasteiger partial charge in [0.15, 0.2) is 16.3 Å². The molecular formula is C20H26N4O4S. The molecule has 9 heteroatoms. The van der Waals surface area contributed by atoms with Crippen LogP contribution in [-0.4, -0.2) is 53.3 Å². The number of ether oxygens (including phenoxy) is 2. The minimum atomic E-state index is -0.187. The van der Waals surface area contributed by atoms with Gasteiger partial charge in [-0.1, -0.05) is 0 Å². The minimum Gasteiger partial charge on any atom is -0.454 e. The zero-order chi connectivity index (χ0) is 20.2. The smallest absolute Gasteiger partial charge is 0.262 e. The first-order valence-corrected chi connectivity index (χ1v) is 10.6. The van der Waals surface area contributed by atoms with Crippen molar-refractivity contribution in [1.82, 2.24) is 19.8 Å². The summed E-state index contributed by atoms with van der Waals surface area (Å²) in [5.41, 5.74) is 0.435. The summed E-state index contributed by atoms with van der Waals surface area (Å²) in [5.74, 6) is 1.17. The molecule has 1 aromatic heterocycles. The third-order valence-corrected chi connectivity index (χ3v) is 5.76. The van der Waals surface area contributed by atoms with E-state index in [1.165, 1.54) is 30.5 Å². The molecular weight excluding hydrogens is 392 g/mol. The third kappa shape index (κ3) is 4.62. The lowest BCUT2D eigenvalue weighted by molar-refractivity contribution is -0.121. The minimum absolute atomic E-state index is 0.0125. The SMILES string of the molecule is O=C(CCCn1c(=S)[nH]c2cc3c(cc2c1=O)OCO3)NCCCN1CCCC1. The number of H-pyrrole nitrogens is 1. The van der Waals surface area contributed by atoms with E-state index in [0.29, 0.717) is 53.1 Å². The predicted octanol–water partition coefficient (Wildman–Crippen LogP) is 2.17. The number of nitrogens with zero attached hydrogens (tertiary/aromatic N) is 2. The van der Waals surface area contributed by atoms with Crippen LogP contribution in [0.4, 0.5) is 0 Å². The van der Waals surface area contributed by atoms with Crippen LogP contribution in [0.3, 0.4) is 0 Å². The molecule has 0 saturated carbocycles. The van der Waals surface area contributed by atoms with E-state index in [1.54, 1.807) is 12.1 Å². The number of hydrogen-bond acceptors (Lipinski definition) is 6. The van der Waals surface area contributed by atoms with Crippen LogP contribution < -0.4 is 20.3 Å². The Labute approximate surface area is 173 Å². The molecule has 2 aromatic rings. The molecule has 0 unspecified atom stereocenters. The maximum Gasteiger partial charge on any atom is 0.262 e. The Morgan fingerprint density at radius 1 is 1.14 bits per heavy atom. The van der Waals surface area contributed by atoms with Gasteiger partial charge in [0.2, 0.25) is 12.7 Å². The van der Waals surface area contributed by atoms with Crippen molar-refractivity contribution in [3.05, 3.63) is 27.3 Å². The number of hydrogen-bond donors (Lipinski definition) is 2. The molecule has 2 aliphatic heterocycles. The molecule has 29 heavy (non-hydrogen) atoms. The first kappa shape index (κ1) is 19.9. The lowest BCUT2D eigenvalue weighted by atomic mass is 10.2. The molecule has 2 aliphatic rings. The molecule has 1 fully saturated rings. The van der Waals surface area contributed by atoms with Gasteiger partial charge in [-0.2, -0.15) is 0 Å². The zero-order valence-corrected chi connectivity index (χ0v) is 17.2. The summed E-state index contributed by atoms with van der Waals surface area (Å²) < 4.78 is 12.5. The van der Waals surface area contributed by atoms with Crippen LogP contribution in [0.1, 0.15) is 32.1 Å². The van der Waals surface area contributed by atoms with Crippen molar-refractivity contribution in [2.45, 2.75) is 38.6 Å². The van der Waals surface area contributed by atoms with Crippen LogP contribution in [0.2, 0.25) is 0 Å². The Morgan fingerprint density at radius 2 is 1.90 bits per heavy atom. The highest BCUT2D eigenvalue weighted by Crippen LogP contribution is 2.34. The standard InChI is InChI=1S/C20H26N4O4S/c25-18(21-6-4-9-23-7-1-2-8-23)5-3-10-24-19(26)14-11-16-17(28-13-27-16)12-15(14)22-20(24)29/h11-12H,1-10,13H2,(H,21,25)(H,22,29). The average molecular weight is 419 g/mol. The number of rotatable bonds is 8. The fraction of sp³-hybridized carbons (Fsp3) is 0.550.